The van der Waals surface area contributed by atoms with Gasteiger partial charge < -0.3 is 15.8 Å². The lowest BCUT2D eigenvalue weighted by Gasteiger charge is -2.27. The molecule has 7 heteroatoms. The van der Waals surface area contributed by atoms with Crippen molar-refractivity contribution in [3.05, 3.63) is 91.0 Å². The minimum Gasteiger partial charge on any atom is -0.460 e. The predicted octanol–water partition coefficient (Wildman–Crippen LogP) is 1.90. The van der Waals surface area contributed by atoms with Crippen LogP contribution in [0.5, 0.6) is 0 Å². The summed E-state index contributed by atoms with van der Waals surface area (Å²) in [6, 6.07) is 30.4. The number of esters is 1. The van der Waals surface area contributed by atoms with Crippen LogP contribution < -0.4 is 27.0 Å². The van der Waals surface area contributed by atoms with E-state index in [2.05, 4.69) is 54.3 Å². The van der Waals surface area contributed by atoms with Crippen LogP contribution in [0.25, 0.3) is 0 Å². The Morgan fingerprint density at radius 2 is 1.28 bits per heavy atom. The molecule has 0 radical (unpaired) electrons. The number of nitrogens with two attached hydrogens (primary N) is 1. The van der Waals surface area contributed by atoms with Gasteiger partial charge in [-0.1, -0.05) is 54.6 Å². The number of hydrogen-bond donors (Lipinski definition) is 3. The zero-order valence-electron chi connectivity index (χ0n) is 17.8. The number of thiol groups is 1. The van der Waals surface area contributed by atoms with Crippen molar-refractivity contribution >= 4 is 47.7 Å². The first kappa shape index (κ1) is 24.0. The Kier molecular flexibility index (Phi) is 8.86. The molecule has 0 heterocycles. The Balaban J connectivity index is 1.84. The van der Waals surface area contributed by atoms with E-state index in [1.165, 1.54) is 15.9 Å². The van der Waals surface area contributed by atoms with Crippen LogP contribution >= 0.6 is 19.9 Å². The molecule has 0 bridgehead atoms. The van der Waals surface area contributed by atoms with Gasteiger partial charge in [0.1, 0.15) is 42.5 Å². The van der Waals surface area contributed by atoms with Gasteiger partial charge in [0.25, 0.3) is 0 Å². The lowest BCUT2D eigenvalue weighted by molar-refractivity contribution is -0.143. The van der Waals surface area contributed by atoms with Gasteiger partial charge in [-0.05, 0) is 36.4 Å². The van der Waals surface area contributed by atoms with E-state index in [0.29, 0.717) is 6.16 Å². The average Bonchev–Trinajstić information content (AvgIpc) is 2.86. The molecule has 3 rings (SSSR count). The summed E-state index contributed by atoms with van der Waals surface area (Å²) in [6.45, 7) is 0.0214. The number of nitrogens with one attached hydrogen (secondary N) is 1. The zero-order chi connectivity index (χ0) is 22.8. The molecule has 3 N–H and O–H groups in total. The van der Waals surface area contributed by atoms with Gasteiger partial charge in [-0.15, -0.1) is 0 Å². The second kappa shape index (κ2) is 11.8. The molecule has 3 aromatic rings. The second-order valence-electron chi connectivity index (χ2n) is 7.27. The summed E-state index contributed by atoms with van der Waals surface area (Å²) in [5.41, 5.74) is 5.62. The molecule has 0 saturated carbocycles. The highest BCUT2D eigenvalue weighted by molar-refractivity contribution is 7.95. The van der Waals surface area contributed by atoms with E-state index in [4.69, 9.17) is 10.5 Å². The molecule has 0 aromatic heterocycles. The highest BCUT2D eigenvalue weighted by Crippen LogP contribution is 2.54. The van der Waals surface area contributed by atoms with E-state index in [0.717, 1.165) is 0 Å². The van der Waals surface area contributed by atoms with Crippen molar-refractivity contribution < 1.29 is 14.3 Å². The van der Waals surface area contributed by atoms with Gasteiger partial charge >= 0.3 is 5.97 Å². The number of amides is 1. The summed E-state index contributed by atoms with van der Waals surface area (Å²) in [7, 11) is -2.06. The van der Waals surface area contributed by atoms with Crippen LogP contribution in [-0.4, -0.2) is 43.0 Å². The molecule has 0 spiro atoms. The Morgan fingerprint density at radius 3 is 1.69 bits per heavy atom. The van der Waals surface area contributed by atoms with E-state index >= 15 is 0 Å². The molecule has 0 unspecified atom stereocenters. The molecule has 1 amide bonds. The fraction of sp³-hybridized carbons (Fsp3) is 0.200. The highest BCUT2D eigenvalue weighted by atomic mass is 32.1. The summed E-state index contributed by atoms with van der Waals surface area (Å²) >= 11 is 3.99. The number of hydrogen-bond acceptors (Lipinski definition) is 5. The lowest BCUT2D eigenvalue weighted by Crippen LogP contribution is -2.44. The Morgan fingerprint density at radius 1 is 0.844 bits per heavy atom. The third-order valence-electron chi connectivity index (χ3n) is 5.22. The first-order chi connectivity index (χ1) is 15.6. The summed E-state index contributed by atoms with van der Waals surface area (Å²) in [6.07, 6.45) is 0.654. The first-order valence-electron chi connectivity index (χ1n) is 10.4. The van der Waals surface area contributed by atoms with Crippen molar-refractivity contribution in [2.75, 3.05) is 25.1 Å². The maximum atomic E-state index is 12.3. The maximum absolute atomic E-state index is 12.3. The quantitative estimate of drug-likeness (QED) is 0.242. The van der Waals surface area contributed by atoms with Crippen LogP contribution in [0.2, 0.25) is 0 Å². The molecule has 0 aliphatic rings. The number of rotatable bonds is 10. The average molecular weight is 468 g/mol. The van der Waals surface area contributed by atoms with Crippen molar-refractivity contribution in [3.8, 4) is 0 Å². The largest absolute Gasteiger partial charge is 0.460 e. The van der Waals surface area contributed by atoms with Gasteiger partial charge in [-0.2, -0.15) is 12.6 Å². The van der Waals surface area contributed by atoms with Crippen LogP contribution in [-0.2, 0) is 14.3 Å². The van der Waals surface area contributed by atoms with Crippen LogP contribution in [0.15, 0.2) is 91.0 Å². The summed E-state index contributed by atoms with van der Waals surface area (Å²) in [5.74, 6) is -0.701. The maximum Gasteiger partial charge on any atom is 0.325 e. The number of carbonyl (C=O) groups excluding carboxylic acids is 2. The molecular formula is C25H28N2O3PS+. The predicted molar refractivity (Wildman–Crippen MR) is 136 cm³/mol. The van der Waals surface area contributed by atoms with Crippen molar-refractivity contribution in [3.63, 3.8) is 0 Å². The van der Waals surface area contributed by atoms with Crippen LogP contribution in [0.1, 0.15) is 0 Å². The van der Waals surface area contributed by atoms with Gasteiger partial charge in [0.15, 0.2) is 0 Å². The first-order valence-corrected chi connectivity index (χ1v) is 13.0. The third kappa shape index (κ3) is 5.77. The molecule has 5 nitrogen and oxygen atoms in total. The van der Waals surface area contributed by atoms with Gasteiger partial charge in [0.2, 0.25) is 5.91 Å². The normalized spacial score (nSPS) is 12.1. The van der Waals surface area contributed by atoms with E-state index in [-0.39, 0.29) is 18.9 Å². The fourth-order valence-electron chi connectivity index (χ4n) is 3.60. The lowest BCUT2D eigenvalue weighted by atomic mass is 10.3. The molecule has 0 aliphatic carbocycles. The van der Waals surface area contributed by atoms with E-state index in [1.54, 1.807) is 0 Å². The van der Waals surface area contributed by atoms with Gasteiger partial charge in [-0.3, -0.25) is 9.59 Å². The summed E-state index contributed by atoms with van der Waals surface area (Å²) < 4.78 is 5.54. The topological polar surface area (TPSA) is 81.4 Å². The molecule has 3 aromatic carbocycles. The minimum absolute atomic E-state index is 0.207. The van der Waals surface area contributed by atoms with Crippen molar-refractivity contribution in [2.45, 2.75) is 6.04 Å². The minimum atomic E-state index is -2.06. The van der Waals surface area contributed by atoms with E-state index in [9.17, 15) is 9.59 Å². The number of carbonyl (C=O) groups is 2. The number of benzene rings is 3. The Labute approximate surface area is 195 Å². The van der Waals surface area contributed by atoms with Gasteiger partial charge in [0.05, 0.1) is 6.04 Å². The molecule has 1 atom stereocenters. The smallest absolute Gasteiger partial charge is 0.325 e. The standard InChI is InChI=1S/C25H27N2O3PS/c26-23(19-32)25(29)27-18-24(28)30-16-17-31(20-10-4-1-5-11-20,21-12-6-2-7-13-21)22-14-8-3-9-15-22/h1-15,23H,16-19,26H2,(H-,27,29,32)/p+1/t23-/m0/s1. The van der Waals surface area contributed by atoms with Crippen LogP contribution in [0, 0.1) is 0 Å². The van der Waals surface area contributed by atoms with Crippen molar-refractivity contribution in [1.29, 1.82) is 0 Å². The van der Waals surface area contributed by atoms with Crippen molar-refractivity contribution in [1.82, 2.24) is 5.32 Å². The molecule has 32 heavy (non-hydrogen) atoms. The second-order valence-corrected chi connectivity index (χ2v) is 11.2. The molecule has 0 saturated heterocycles. The van der Waals surface area contributed by atoms with E-state index < -0.39 is 25.2 Å². The van der Waals surface area contributed by atoms with Gasteiger partial charge in [-0.25, -0.2) is 0 Å². The number of ether oxygens (including phenoxy) is 1. The molecule has 0 fully saturated rings. The summed E-state index contributed by atoms with van der Waals surface area (Å²) in [4.78, 5) is 24.0. The SMILES string of the molecule is N[C@@H](CS)C(=O)NCC(=O)OCC[P+](c1ccccc1)(c1ccccc1)c1ccccc1. The monoisotopic (exact) mass is 467 g/mol. The summed E-state index contributed by atoms with van der Waals surface area (Å²) in [5, 5.41) is 6.17. The highest BCUT2D eigenvalue weighted by Gasteiger charge is 2.45. The van der Waals surface area contributed by atoms with Crippen LogP contribution in [0.4, 0.5) is 0 Å². The van der Waals surface area contributed by atoms with Crippen molar-refractivity contribution in [2.24, 2.45) is 5.73 Å². The Bertz CT molecular complexity index is 907. The third-order valence-corrected chi connectivity index (χ3v) is 10.0. The Hall–Kier alpha value is -2.66. The van der Waals surface area contributed by atoms with Crippen LogP contribution in [0.3, 0.4) is 0 Å². The fourth-order valence-corrected chi connectivity index (χ4v) is 7.85. The van der Waals surface area contributed by atoms with E-state index in [1.807, 2.05) is 54.6 Å². The molecular weight excluding hydrogens is 439 g/mol. The zero-order valence-corrected chi connectivity index (χ0v) is 19.6. The molecule has 166 valence electrons. The molecule has 0 aliphatic heterocycles. The van der Waals surface area contributed by atoms with Gasteiger partial charge in [0, 0.05) is 5.75 Å².